The van der Waals surface area contributed by atoms with Crippen LogP contribution in [0.1, 0.15) is 37.0 Å². The van der Waals surface area contributed by atoms with Crippen LogP contribution in [0.25, 0.3) is 0 Å². The van der Waals surface area contributed by atoms with E-state index in [1.54, 1.807) is 6.92 Å². The molecule has 5 nitrogen and oxygen atoms in total. The summed E-state index contributed by atoms with van der Waals surface area (Å²) in [5.74, 6) is -1.66. The van der Waals surface area contributed by atoms with Crippen molar-refractivity contribution in [3.05, 3.63) is 51.0 Å². The maximum Gasteiger partial charge on any atom is 0.434 e. The summed E-state index contributed by atoms with van der Waals surface area (Å²) in [5, 5.41) is 10.1. The molecule has 0 aliphatic heterocycles. The minimum Gasteiger partial charge on any atom is -0.478 e. The summed E-state index contributed by atoms with van der Waals surface area (Å²) in [6.07, 6.45) is -4.52. The number of aromatic nitrogens is 1. The predicted octanol–water partition coefficient (Wildman–Crippen LogP) is 3.44. The van der Waals surface area contributed by atoms with Crippen LogP contribution in [0.3, 0.4) is 0 Å². The number of hydrogen-bond acceptors (Lipinski definition) is 4. The molecule has 1 heterocycles. The second kappa shape index (κ2) is 6.60. The van der Waals surface area contributed by atoms with E-state index in [1.807, 2.05) is 0 Å². The normalized spacial score (nSPS) is 11.4. The second-order valence-corrected chi connectivity index (χ2v) is 6.12. The van der Waals surface area contributed by atoms with Crippen molar-refractivity contribution in [3.8, 4) is 0 Å². The molecular formula is C15H13F3N2O3S. The van der Waals surface area contributed by atoms with Gasteiger partial charge in [-0.05, 0) is 30.7 Å². The lowest BCUT2D eigenvalue weighted by Crippen LogP contribution is -2.26. The molecule has 1 aromatic carbocycles. The van der Waals surface area contributed by atoms with E-state index in [4.69, 9.17) is 5.11 Å². The van der Waals surface area contributed by atoms with Gasteiger partial charge in [-0.1, -0.05) is 0 Å². The van der Waals surface area contributed by atoms with Gasteiger partial charge in [0.05, 0.1) is 12.1 Å². The lowest BCUT2D eigenvalue weighted by atomic mass is 10.1. The Morgan fingerprint density at radius 1 is 1.25 bits per heavy atom. The van der Waals surface area contributed by atoms with Crippen molar-refractivity contribution in [1.29, 1.82) is 0 Å². The summed E-state index contributed by atoms with van der Waals surface area (Å²) in [7, 11) is 1.42. The number of benzene rings is 1. The quantitative estimate of drug-likeness (QED) is 0.909. The minimum absolute atomic E-state index is 0.0274. The molecule has 2 rings (SSSR count). The molecule has 0 aliphatic rings. The summed E-state index contributed by atoms with van der Waals surface area (Å²) in [6.45, 7) is 1.55. The van der Waals surface area contributed by atoms with Crippen molar-refractivity contribution < 1.29 is 27.9 Å². The average Bonchev–Trinajstić information content (AvgIpc) is 2.94. The van der Waals surface area contributed by atoms with Gasteiger partial charge in [0, 0.05) is 18.0 Å². The van der Waals surface area contributed by atoms with E-state index in [0.29, 0.717) is 5.56 Å². The van der Waals surface area contributed by atoms with Gasteiger partial charge in [-0.15, -0.1) is 11.3 Å². The predicted molar refractivity (Wildman–Crippen MR) is 81.1 cm³/mol. The monoisotopic (exact) mass is 358 g/mol. The minimum atomic E-state index is -4.52. The van der Waals surface area contributed by atoms with Gasteiger partial charge in [-0.2, -0.15) is 13.2 Å². The highest BCUT2D eigenvalue weighted by Gasteiger charge is 2.33. The molecule has 1 N–H and O–H groups in total. The van der Waals surface area contributed by atoms with Crippen LogP contribution >= 0.6 is 11.3 Å². The number of hydrogen-bond donors (Lipinski definition) is 1. The van der Waals surface area contributed by atoms with Gasteiger partial charge in [-0.3, -0.25) is 4.79 Å². The Morgan fingerprint density at radius 3 is 2.42 bits per heavy atom. The number of aryl methyl sites for hydroxylation is 1. The fourth-order valence-corrected chi connectivity index (χ4v) is 2.89. The van der Waals surface area contributed by atoms with Crippen LogP contribution in [-0.4, -0.2) is 33.9 Å². The number of alkyl halides is 3. The third-order valence-corrected chi connectivity index (χ3v) is 3.97. The van der Waals surface area contributed by atoms with E-state index in [0.717, 1.165) is 16.7 Å². The molecule has 0 atom stereocenters. The summed E-state index contributed by atoms with van der Waals surface area (Å²) >= 11 is 0.809. The van der Waals surface area contributed by atoms with E-state index >= 15 is 0 Å². The summed E-state index contributed by atoms with van der Waals surface area (Å²) < 4.78 is 37.6. The Morgan fingerprint density at radius 2 is 1.88 bits per heavy atom. The van der Waals surface area contributed by atoms with E-state index in [-0.39, 0.29) is 22.7 Å². The number of carboxylic acid groups (broad SMARTS) is 1. The van der Waals surface area contributed by atoms with Crippen molar-refractivity contribution in [2.75, 3.05) is 7.05 Å². The van der Waals surface area contributed by atoms with Gasteiger partial charge in [0.2, 0.25) is 0 Å². The van der Waals surface area contributed by atoms with E-state index < -0.39 is 23.7 Å². The number of halogens is 3. The molecule has 9 heteroatoms. The molecule has 0 saturated carbocycles. The van der Waals surface area contributed by atoms with Crippen molar-refractivity contribution >= 4 is 23.2 Å². The molecular weight excluding hydrogens is 345 g/mol. The Kier molecular flexibility index (Phi) is 4.93. The van der Waals surface area contributed by atoms with Gasteiger partial charge in [0.15, 0.2) is 5.69 Å². The fraction of sp³-hybridized carbons (Fsp3) is 0.267. The first kappa shape index (κ1) is 17.9. The topological polar surface area (TPSA) is 70.5 Å². The Bertz CT molecular complexity index is 787. The Balaban J connectivity index is 2.18. The number of carbonyl (C=O) groups is 2. The van der Waals surface area contributed by atoms with Crippen molar-refractivity contribution in [1.82, 2.24) is 9.88 Å². The van der Waals surface area contributed by atoms with Crippen LogP contribution in [0.2, 0.25) is 0 Å². The van der Waals surface area contributed by atoms with Crippen molar-refractivity contribution in [3.63, 3.8) is 0 Å². The first-order valence-electron chi connectivity index (χ1n) is 6.70. The van der Waals surface area contributed by atoms with Gasteiger partial charge < -0.3 is 10.0 Å². The highest BCUT2D eigenvalue weighted by atomic mass is 32.1. The highest BCUT2D eigenvalue weighted by Crippen LogP contribution is 2.30. The first-order valence-corrected chi connectivity index (χ1v) is 7.58. The van der Waals surface area contributed by atoms with Gasteiger partial charge in [0.1, 0.15) is 5.01 Å². The molecule has 2 aromatic rings. The molecule has 0 aliphatic carbocycles. The molecule has 1 aromatic heterocycles. The number of aromatic carboxylic acids is 1. The van der Waals surface area contributed by atoms with Crippen LogP contribution in [0.5, 0.6) is 0 Å². The number of amides is 1. The molecule has 128 valence electrons. The van der Waals surface area contributed by atoms with Gasteiger partial charge in [0.25, 0.3) is 5.91 Å². The number of nitrogens with zero attached hydrogens (tertiary/aromatic N) is 2. The zero-order valence-electron chi connectivity index (χ0n) is 12.7. The van der Waals surface area contributed by atoms with Gasteiger partial charge in [-0.25, -0.2) is 9.78 Å². The standard InChI is InChI=1S/C15H13F3N2O3S/c1-8-3-9(5-10(4-8)14(22)23)13(21)20(2)6-12-19-11(7-24-12)15(16,17)18/h3-5,7H,6H2,1-2H3,(H,22,23). The van der Waals surface area contributed by atoms with Crippen molar-refractivity contribution in [2.45, 2.75) is 19.6 Å². The van der Waals surface area contributed by atoms with E-state index in [1.165, 1.54) is 30.1 Å². The maximum absolute atomic E-state index is 12.5. The Labute approximate surface area is 139 Å². The third-order valence-electron chi connectivity index (χ3n) is 3.13. The molecule has 0 fully saturated rings. The number of rotatable bonds is 4. The summed E-state index contributed by atoms with van der Waals surface area (Å²) in [4.78, 5) is 28.1. The lowest BCUT2D eigenvalue weighted by molar-refractivity contribution is -0.140. The summed E-state index contributed by atoms with van der Waals surface area (Å²) in [5.41, 5.74) is -0.268. The van der Waals surface area contributed by atoms with Crippen LogP contribution in [0, 0.1) is 6.92 Å². The fourth-order valence-electron chi connectivity index (χ4n) is 2.04. The molecule has 0 radical (unpaired) electrons. The number of thiazole rings is 1. The van der Waals surface area contributed by atoms with E-state index in [2.05, 4.69) is 4.98 Å². The maximum atomic E-state index is 12.5. The van der Waals surface area contributed by atoms with Crippen molar-refractivity contribution in [2.24, 2.45) is 0 Å². The van der Waals surface area contributed by atoms with Crippen LogP contribution in [0.4, 0.5) is 13.2 Å². The Hall–Kier alpha value is -2.42. The van der Waals surface area contributed by atoms with Crippen LogP contribution < -0.4 is 0 Å². The number of carbonyl (C=O) groups excluding carboxylic acids is 1. The van der Waals surface area contributed by atoms with Gasteiger partial charge >= 0.3 is 12.1 Å². The molecule has 24 heavy (non-hydrogen) atoms. The molecule has 0 unspecified atom stereocenters. The molecule has 0 saturated heterocycles. The third kappa shape index (κ3) is 4.10. The zero-order chi connectivity index (χ0) is 18.1. The first-order chi connectivity index (χ1) is 11.1. The van der Waals surface area contributed by atoms with Crippen LogP contribution in [-0.2, 0) is 12.7 Å². The zero-order valence-corrected chi connectivity index (χ0v) is 13.5. The average molecular weight is 358 g/mol. The SMILES string of the molecule is Cc1cc(C(=O)O)cc(C(=O)N(C)Cc2nc(C(F)(F)F)cs2)c1. The summed E-state index contributed by atoms with van der Waals surface area (Å²) in [6, 6.07) is 4.18. The highest BCUT2D eigenvalue weighted by molar-refractivity contribution is 7.09. The van der Waals surface area contributed by atoms with Crippen LogP contribution in [0.15, 0.2) is 23.6 Å². The lowest BCUT2D eigenvalue weighted by Gasteiger charge is -2.16. The second-order valence-electron chi connectivity index (χ2n) is 5.18. The smallest absolute Gasteiger partial charge is 0.434 e. The molecule has 0 spiro atoms. The number of carboxylic acids is 1. The molecule has 0 bridgehead atoms. The molecule has 1 amide bonds. The largest absolute Gasteiger partial charge is 0.478 e. The van der Waals surface area contributed by atoms with E-state index in [9.17, 15) is 22.8 Å².